The maximum absolute atomic E-state index is 12.1. The molecule has 0 spiro atoms. The van der Waals surface area contributed by atoms with E-state index in [9.17, 15) is 8.42 Å². The van der Waals surface area contributed by atoms with E-state index in [2.05, 4.69) is 10.3 Å². The van der Waals surface area contributed by atoms with E-state index in [4.69, 9.17) is 17.3 Å². The molecule has 0 fully saturated rings. The highest BCUT2D eigenvalue weighted by molar-refractivity contribution is 7.91. The van der Waals surface area contributed by atoms with Gasteiger partial charge in [-0.2, -0.15) is 0 Å². The molecular weight excluding hydrogens is 288 g/mol. The van der Waals surface area contributed by atoms with E-state index in [-0.39, 0.29) is 17.2 Å². The Balaban J connectivity index is 2.14. The number of rotatable bonds is 4. The van der Waals surface area contributed by atoms with Crippen LogP contribution < -0.4 is 5.73 Å². The summed E-state index contributed by atoms with van der Waals surface area (Å²) in [7, 11) is -3.37. The van der Waals surface area contributed by atoms with E-state index in [1.165, 1.54) is 16.8 Å². The van der Waals surface area contributed by atoms with Gasteiger partial charge in [0.25, 0.3) is 0 Å². The number of benzene rings is 1. The average Bonchev–Trinajstić information content (AvgIpc) is 2.68. The van der Waals surface area contributed by atoms with Crippen molar-refractivity contribution in [2.24, 2.45) is 0 Å². The Bertz CT molecular complexity index is 679. The van der Waals surface area contributed by atoms with Crippen LogP contribution in [0.25, 0.3) is 0 Å². The molecular formula is C11H13ClN4O2S. The Morgan fingerprint density at radius 2 is 1.95 bits per heavy atom. The fraction of sp³-hybridized carbons (Fsp3) is 0.273. The van der Waals surface area contributed by atoms with Gasteiger partial charge in [-0.05, 0) is 31.2 Å². The third kappa shape index (κ3) is 3.05. The first-order valence-electron chi connectivity index (χ1n) is 5.54. The Hall–Kier alpha value is -1.60. The smallest absolute Gasteiger partial charge is 0.180 e. The van der Waals surface area contributed by atoms with Crippen LogP contribution in [0.5, 0.6) is 0 Å². The zero-order chi connectivity index (χ0) is 14.0. The van der Waals surface area contributed by atoms with Gasteiger partial charge in [0.1, 0.15) is 0 Å². The van der Waals surface area contributed by atoms with Crippen molar-refractivity contribution in [3.8, 4) is 0 Å². The number of anilines is 1. The second kappa shape index (κ2) is 5.18. The molecule has 8 heteroatoms. The lowest BCUT2D eigenvalue weighted by atomic mass is 10.4. The Kier molecular flexibility index (Phi) is 3.77. The highest BCUT2D eigenvalue weighted by Gasteiger charge is 2.15. The van der Waals surface area contributed by atoms with Gasteiger partial charge in [-0.25, -0.2) is 13.1 Å². The van der Waals surface area contributed by atoms with Crippen LogP contribution >= 0.6 is 11.6 Å². The largest absolute Gasteiger partial charge is 0.381 e. The van der Waals surface area contributed by atoms with Crippen molar-refractivity contribution in [1.29, 1.82) is 0 Å². The normalized spacial score (nSPS) is 11.7. The van der Waals surface area contributed by atoms with E-state index in [0.717, 1.165) is 0 Å². The predicted molar refractivity (Wildman–Crippen MR) is 72.7 cm³/mol. The second-order valence-electron chi connectivity index (χ2n) is 4.06. The van der Waals surface area contributed by atoms with Crippen molar-refractivity contribution in [2.45, 2.75) is 18.4 Å². The van der Waals surface area contributed by atoms with Crippen molar-refractivity contribution < 1.29 is 8.42 Å². The van der Waals surface area contributed by atoms with Gasteiger partial charge in [0.05, 0.1) is 22.9 Å². The second-order valence-corrected chi connectivity index (χ2v) is 6.60. The highest BCUT2D eigenvalue weighted by atomic mass is 35.5. The SMILES string of the molecule is Cc1c(N)nnn1CCS(=O)(=O)c1ccc(Cl)cc1. The summed E-state index contributed by atoms with van der Waals surface area (Å²) in [5.74, 6) is 0.238. The third-order valence-electron chi connectivity index (χ3n) is 2.76. The molecule has 2 aromatic rings. The fourth-order valence-electron chi connectivity index (χ4n) is 1.55. The van der Waals surface area contributed by atoms with E-state index in [0.29, 0.717) is 16.5 Å². The van der Waals surface area contributed by atoms with E-state index in [1.807, 2.05) is 0 Å². The summed E-state index contributed by atoms with van der Waals surface area (Å²) in [6, 6.07) is 6.07. The summed E-state index contributed by atoms with van der Waals surface area (Å²) in [6.45, 7) is 1.95. The Morgan fingerprint density at radius 3 is 2.47 bits per heavy atom. The molecule has 2 rings (SSSR count). The van der Waals surface area contributed by atoms with Crippen LogP contribution in [0.2, 0.25) is 5.02 Å². The van der Waals surface area contributed by atoms with E-state index < -0.39 is 9.84 Å². The van der Waals surface area contributed by atoms with Crippen molar-refractivity contribution >= 4 is 27.3 Å². The fourth-order valence-corrected chi connectivity index (χ4v) is 2.88. The van der Waals surface area contributed by atoms with Crippen LogP contribution in [0, 0.1) is 6.92 Å². The molecule has 1 aromatic carbocycles. The van der Waals surface area contributed by atoms with Crippen molar-refractivity contribution in [2.75, 3.05) is 11.5 Å². The number of halogens is 1. The van der Waals surface area contributed by atoms with Crippen molar-refractivity contribution in [3.63, 3.8) is 0 Å². The lowest BCUT2D eigenvalue weighted by Gasteiger charge is -2.05. The summed E-state index contributed by atoms with van der Waals surface area (Å²) in [5.41, 5.74) is 6.21. The number of hydrogen-bond donors (Lipinski definition) is 1. The van der Waals surface area contributed by atoms with Crippen LogP contribution in [0.15, 0.2) is 29.2 Å². The monoisotopic (exact) mass is 300 g/mol. The maximum atomic E-state index is 12.1. The molecule has 0 bridgehead atoms. The number of aryl methyl sites for hydroxylation is 1. The molecule has 0 aliphatic carbocycles. The molecule has 0 aliphatic rings. The highest BCUT2D eigenvalue weighted by Crippen LogP contribution is 2.16. The van der Waals surface area contributed by atoms with Gasteiger partial charge < -0.3 is 5.73 Å². The number of nitrogens with zero attached hydrogens (tertiary/aromatic N) is 3. The van der Waals surface area contributed by atoms with Crippen LogP contribution in [0.4, 0.5) is 5.82 Å². The Morgan fingerprint density at radius 1 is 1.32 bits per heavy atom. The lowest BCUT2D eigenvalue weighted by molar-refractivity contribution is 0.570. The topological polar surface area (TPSA) is 90.9 Å². The van der Waals surface area contributed by atoms with Gasteiger partial charge in [-0.15, -0.1) is 5.10 Å². The Labute approximate surface area is 116 Å². The summed E-state index contributed by atoms with van der Waals surface area (Å²) in [6.07, 6.45) is 0. The standard InChI is InChI=1S/C11H13ClN4O2S/c1-8-11(13)14-15-16(8)6-7-19(17,18)10-4-2-9(12)3-5-10/h2-5H,6-7,13H2,1H3. The minimum Gasteiger partial charge on any atom is -0.381 e. The summed E-state index contributed by atoms with van der Waals surface area (Å²) in [4.78, 5) is 0.239. The summed E-state index contributed by atoms with van der Waals surface area (Å²) in [5, 5.41) is 7.96. The van der Waals surface area contributed by atoms with Crippen LogP contribution in [0.3, 0.4) is 0 Å². The maximum Gasteiger partial charge on any atom is 0.180 e. The van der Waals surface area contributed by atoms with E-state index >= 15 is 0 Å². The number of nitrogens with two attached hydrogens (primary N) is 1. The van der Waals surface area contributed by atoms with Gasteiger partial charge in [0.15, 0.2) is 15.7 Å². The molecule has 0 aliphatic heterocycles. The quantitative estimate of drug-likeness (QED) is 0.919. The molecule has 102 valence electrons. The van der Waals surface area contributed by atoms with Gasteiger partial charge >= 0.3 is 0 Å². The van der Waals surface area contributed by atoms with E-state index in [1.54, 1.807) is 19.1 Å². The minimum absolute atomic E-state index is 0.0712. The van der Waals surface area contributed by atoms with Crippen LogP contribution in [0.1, 0.15) is 5.69 Å². The first-order valence-corrected chi connectivity index (χ1v) is 7.57. The molecule has 1 heterocycles. The first-order chi connectivity index (χ1) is 8.90. The molecule has 0 unspecified atom stereocenters. The summed E-state index contributed by atoms with van der Waals surface area (Å²) >= 11 is 5.73. The number of aromatic nitrogens is 3. The number of nitrogen functional groups attached to an aromatic ring is 1. The number of sulfone groups is 1. The molecule has 0 amide bonds. The zero-order valence-corrected chi connectivity index (χ0v) is 11.8. The van der Waals surface area contributed by atoms with Crippen molar-refractivity contribution in [3.05, 3.63) is 35.0 Å². The summed E-state index contributed by atoms with van der Waals surface area (Å²) < 4.78 is 25.7. The number of hydrogen-bond acceptors (Lipinski definition) is 5. The molecule has 0 saturated heterocycles. The first kappa shape index (κ1) is 13.8. The average molecular weight is 301 g/mol. The molecule has 0 radical (unpaired) electrons. The molecule has 1 aromatic heterocycles. The molecule has 0 saturated carbocycles. The minimum atomic E-state index is -3.37. The van der Waals surface area contributed by atoms with Crippen LogP contribution in [-0.2, 0) is 16.4 Å². The molecule has 19 heavy (non-hydrogen) atoms. The van der Waals surface area contributed by atoms with Crippen molar-refractivity contribution in [1.82, 2.24) is 15.0 Å². The molecule has 2 N–H and O–H groups in total. The van der Waals surface area contributed by atoms with Gasteiger partial charge in [-0.3, -0.25) is 0 Å². The lowest BCUT2D eigenvalue weighted by Crippen LogP contribution is -2.15. The molecule has 0 atom stereocenters. The predicted octanol–water partition coefficient (Wildman–Crippen LogP) is 1.30. The van der Waals surface area contributed by atoms with Gasteiger partial charge in [-0.1, -0.05) is 16.8 Å². The van der Waals surface area contributed by atoms with Gasteiger partial charge in [0, 0.05) is 5.02 Å². The molecule has 6 nitrogen and oxygen atoms in total. The third-order valence-corrected chi connectivity index (χ3v) is 4.73. The van der Waals surface area contributed by atoms with Crippen LogP contribution in [-0.4, -0.2) is 29.2 Å². The van der Waals surface area contributed by atoms with Gasteiger partial charge in [0.2, 0.25) is 0 Å². The zero-order valence-electron chi connectivity index (χ0n) is 10.2.